The molecule has 1 aromatic carbocycles. The van der Waals surface area contributed by atoms with E-state index in [0.717, 1.165) is 57.9 Å². The summed E-state index contributed by atoms with van der Waals surface area (Å²) in [7, 11) is 0. The Morgan fingerprint density at radius 1 is 1.19 bits per heavy atom. The van der Waals surface area contributed by atoms with Crippen LogP contribution in [0, 0.1) is 0 Å². The number of carbonyl (C=O) groups is 1. The van der Waals surface area contributed by atoms with Crippen LogP contribution in [0.4, 0.5) is 0 Å². The Labute approximate surface area is 154 Å². The van der Waals surface area contributed by atoms with Crippen LogP contribution in [0.3, 0.4) is 0 Å². The van der Waals surface area contributed by atoms with Gasteiger partial charge in [-0.15, -0.1) is 0 Å². The monoisotopic (exact) mass is 354 g/mol. The second kappa shape index (κ2) is 7.91. The highest BCUT2D eigenvalue weighted by atomic mass is 16.5. The fourth-order valence-electron chi connectivity index (χ4n) is 3.78. The van der Waals surface area contributed by atoms with Gasteiger partial charge in [0.25, 0.3) is 0 Å². The number of hydrogen-bond acceptors (Lipinski definition) is 4. The zero-order valence-corrected chi connectivity index (χ0v) is 15.1. The van der Waals surface area contributed by atoms with E-state index in [4.69, 9.17) is 4.74 Å². The lowest BCUT2D eigenvalue weighted by molar-refractivity contribution is -0.131. The molecule has 6 heteroatoms. The summed E-state index contributed by atoms with van der Waals surface area (Å²) in [6.45, 7) is 6.04. The number of ether oxygens (including phenoxy) is 1. The predicted octanol–water partition coefficient (Wildman–Crippen LogP) is 1.94. The molecule has 0 unspecified atom stereocenters. The first-order valence-corrected chi connectivity index (χ1v) is 9.50. The molecule has 2 aliphatic heterocycles. The lowest BCUT2D eigenvalue weighted by Gasteiger charge is -2.22. The first-order chi connectivity index (χ1) is 12.8. The molecule has 26 heavy (non-hydrogen) atoms. The predicted molar refractivity (Wildman–Crippen MR) is 99.0 cm³/mol. The number of nitrogens with zero attached hydrogens (tertiary/aromatic N) is 4. The van der Waals surface area contributed by atoms with Gasteiger partial charge >= 0.3 is 0 Å². The number of fused-ring (bicyclic) bond motifs is 1. The maximum atomic E-state index is 12.5. The van der Waals surface area contributed by atoms with E-state index in [-0.39, 0.29) is 5.91 Å². The lowest BCUT2D eigenvalue weighted by Crippen LogP contribution is -2.35. The molecule has 0 N–H and O–H groups in total. The molecule has 1 amide bonds. The van der Waals surface area contributed by atoms with Crippen molar-refractivity contribution in [2.24, 2.45) is 0 Å². The summed E-state index contributed by atoms with van der Waals surface area (Å²) in [6.07, 6.45) is 6.22. The molecular weight excluding hydrogens is 328 g/mol. The average Bonchev–Trinajstić information content (AvgIpc) is 3.28. The smallest absolute Gasteiger partial charge is 0.224 e. The van der Waals surface area contributed by atoms with Gasteiger partial charge in [0, 0.05) is 64.5 Å². The Kier molecular flexibility index (Phi) is 5.20. The fourth-order valence-corrected chi connectivity index (χ4v) is 3.78. The number of aryl methyl sites for hydroxylation is 1. The zero-order chi connectivity index (χ0) is 17.8. The molecule has 138 valence electrons. The number of rotatable bonds is 5. The third-order valence-corrected chi connectivity index (χ3v) is 5.22. The van der Waals surface area contributed by atoms with Gasteiger partial charge in [-0.1, -0.05) is 12.1 Å². The van der Waals surface area contributed by atoms with Crippen LogP contribution in [0.5, 0.6) is 5.75 Å². The molecular formula is C20H26N4O2. The van der Waals surface area contributed by atoms with Gasteiger partial charge in [0.2, 0.25) is 5.91 Å². The van der Waals surface area contributed by atoms with Crippen molar-refractivity contribution in [3.8, 4) is 5.75 Å². The minimum Gasteiger partial charge on any atom is -0.493 e. The van der Waals surface area contributed by atoms with Crippen LogP contribution in [0.25, 0.3) is 0 Å². The van der Waals surface area contributed by atoms with E-state index in [1.54, 1.807) is 6.20 Å². The molecule has 0 spiro atoms. The number of amides is 1. The van der Waals surface area contributed by atoms with Crippen LogP contribution >= 0.6 is 0 Å². The third kappa shape index (κ3) is 4.07. The van der Waals surface area contributed by atoms with Crippen LogP contribution < -0.4 is 4.74 Å². The highest BCUT2D eigenvalue weighted by Gasteiger charge is 2.20. The quantitative estimate of drug-likeness (QED) is 0.823. The van der Waals surface area contributed by atoms with Gasteiger partial charge in [-0.3, -0.25) is 14.4 Å². The molecule has 3 heterocycles. The van der Waals surface area contributed by atoms with Crippen LogP contribution in [0.2, 0.25) is 0 Å². The Hall–Kier alpha value is -2.34. The van der Waals surface area contributed by atoms with Gasteiger partial charge < -0.3 is 9.64 Å². The molecule has 2 aromatic rings. The first-order valence-electron chi connectivity index (χ1n) is 9.50. The molecule has 0 aliphatic carbocycles. The van der Waals surface area contributed by atoms with Gasteiger partial charge in [-0.25, -0.2) is 0 Å². The standard InChI is InChI=1S/C20H26N4O2/c25-20(5-11-24-10-1-7-21-24)23-9-2-8-22(12-13-23)16-17-3-4-19-18(15-17)6-14-26-19/h1,3-4,7,10,15H,2,5-6,8-9,11-14,16H2. The van der Waals surface area contributed by atoms with E-state index in [1.807, 2.05) is 21.8 Å². The molecule has 1 fully saturated rings. The second-order valence-electron chi connectivity index (χ2n) is 7.07. The topological polar surface area (TPSA) is 50.6 Å². The van der Waals surface area contributed by atoms with Crippen LogP contribution in [0.15, 0.2) is 36.7 Å². The average molecular weight is 354 g/mol. The molecule has 0 saturated carbocycles. The Bertz CT molecular complexity index is 744. The van der Waals surface area contributed by atoms with Crippen molar-refractivity contribution >= 4 is 5.91 Å². The lowest BCUT2D eigenvalue weighted by atomic mass is 10.1. The molecule has 4 rings (SSSR count). The molecule has 1 saturated heterocycles. The zero-order valence-electron chi connectivity index (χ0n) is 15.1. The Balaban J connectivity index is 1.28. The highest BCUT2D eigenvalue weighted by molar-refractivity contribution is 5.76. The van der Waals surface area contributed by atoms with Gasteiger partial charge in [0.15, 0.2) is 0 Å². The first kappa shape index (κ1) is 17.1. The summed E-state index contributed by atoms with van der Waals surface area (Å²) >= 11 is 0. The number of carbonyl (C=O) groups excluding carboxylic acids is 1. The van der Waals surface area contributed by atoms with Crippen molar-refractivity contribution in [1.82, 2.24) is 19.6 Å². The van der Waals surface area contributed by atoms with E-state index in [2.05, 4.69) is 28.2 Å². The Morgan fingerprint density at radius 2 is 2.15 bits per heavy atom. The summed E-state index contributed by atoms with van der Waals surface area (Å²) in [4.78, 5) is 17.0. The van der Waals surface area contributed by atoms with Crippen molar-refractivity contribution < 1.29 is 9.53 Å². The molecule has 0 atom stereocenters. The molecule has 0 radical (unpaired) electrons. The van der Waals surface area contributed by atoms with Gasteiger partial charge in [-0.2, -0.15) is 5.10 Å². The van der Waals surface area contributed by atoms with E-state index < -0.39 is 0 Å². The summed E-state index contributed by atoms with van der Waals surface area (Å²) < 4.78 is 7.41. The number of aromatic nitrogens is 2. The molecule has 2 aliphatic rings. The van der Waals surface area contributed by atoms with E-state index >= 15 is 0 Å². The van der Waals surface area contributed by atoms with Crippen molar-refractivity contribution in [2.75, 3.05) is 32.8 Å². The molecule has 6 nitrogen and oxygen atoms in total. The highest BCUT2D eigenvalue weighted by Crippen LogP contribution is 2.26. The van der Waals surface area contributed by atoms with Crippen molar-refractivity contribution in [3.05, 3.63) is 47.8 Å². The summed E-state index contributed by atoms with van der Waals surface area (Å²) in [5, 5.41) is 4.16. The van der Waals surface area contributed by atoms with Gasteiger partial charge in [0.05, 0.1) is 6.61 Å². The van der Waals surface area contributed by atoms with Gasteiger partial charge in [0.1, 0.15) is 5.75 Å². The summed E-state index contributed by atoms with van der Waals surface area (Å²) in [5.41, 5.74) is 2.67. The minimum absolute atomic E-state index is 0.233. The minimum atomic E-state index is 0.233. The Morgan fingerprint density at radius 3 is 3.04 bits per heavy atom. The van der Waals surface area contributed by atoms with Gasteiger partial charge in [-0.05, 0) is 29.7 Å². The van der Waals surface area contributed by atoms with E-state index in [1.165, 1.54) is 11.1 Å². The molecule has 0 bridgehead atoms. The van der Waals surface area contributed by atoms with Crippen LogP contribution in [-0.4, -0.2) is 58.3 Å². The second-order valence-corrected chi connectivity index (χ2v) is 7.07. The van der Waals surface area contributed by atoms with E-state index in [0.29, 0.717) is 13.0 Å². The summed E-state index contributed by atoms with van der Waals surface area (Å²) in [5.74, 6) is 1.27. The fraction of sp³-hybridized carbons (Fsp3) is 0.500. The summed E-state index contributed by atoms with van der Waals surface area (Å²) in [6, 6.07) is 8.43. The number of hydrogen-bond donors (Lipinski definition) is 0. The normalized spacial score (nSPS) is 17.6. The maximum absolute atomic E-state index is 12.5. The van der Waals surface area contributed by atoms with Crippen molar-refractivity contribution in [2.45, 2.75) is 32.4 Å². The SMILES string of the molecule is O=C(CCn1cccn1)N1CCCN(Cc2ccc3c(c2)CCO3)CC1. The number of benzene rings is 1. The van der Waals surface area contributed by atoms with Crippen LogP contribution in [0.1, 0.15) is 24.0 Å². The maximum Gasteiger partial charge on any atom is 0.224 e. The molecule has 1 aromatic heterocycles. The van der Waals surface area contributed by atoms with Crippen LogP contribution in [-0.2, 0) is 24.3 Å². The third-order valence-electron chi connectivity index (χ3n) is 5.22. The largest absolute Gasteiger partial charge is 0.493 e. The van der Waals surface area contributed by atoms with Crippen molar-refractivity contribution in [1.29, 1.82) is 0 Å². The van der Waals surface area contributed by atoms with Crippen molar-refractivity contribution in [3.63, 3.8) is 0 Å². The van der Waals surface area contributed by atoms with E-state index in [9.17, 15) is 4.79 Å².